The van der Waals surface area contributed by atoms with Gasteiger partial charge in [-0.15, -0.1) is 11.3 Å². The summed E-state index contributed by atoms with van der Waals surface area (Å²) < 4.78 is 5.16. The van der Waals surface area contributed by atoms with Gasteiger partial charge in [-0.05, 0) is 37.7 Å². The molecule has 1 aliphatic rings. The number of fused-ring (bicyclic) bond motifs is 3. The molecular formula is C15H19N3O2S. The fourth-order valence-corrected chi connectivity index (χ4v) is 4.01. The van der Waals surface area contributed by atoms with Crippen molar-refractivity contribution in [1.82, 2.24) is 9.97 Å². The molecule has 1 aliphatic carbocycles. The number of nitrogens with two attached hydrogens (primary N) is 1. The maximum Gasteiger partial charge on any atom is 0.306 e. The summed E-state index contributed by atoms with van der Waals surface area (Å²) in [5.41, 5.74) is 7.43. The van der Waals surface area contributed by atoms with E-state index in [1.54, 1.807) is 11.3 Å². The molecule has 112 valence electrons. The van der Waals surface area contributed by atoms with Gasteiger partial charge < -0.3 is 10.5 Å². The molecule has 0 saturated carbocycles. The number of aryl methyl sites for hydroxylation is 2. The van der Waals surface area contributed by atoms with Crippen LogP contribution in [0.4, 0.5) is 5.82 Å². The molecule has 0 aliphatic heterocycles. The van der Waals surface area contributed by atoms with Gasteiger partial charge in [0.15, 0.2) is 12.4 Å². The van der Waals surface area contributed by atoms with Crippen LogP contribution in [0.1, 0.15) is 48.9 Å². The highest BCUT2D eigenvalue weighted by atomic mass is 32.1. The van der Waals surface area contributed by atoms with Gasteiger partial charge in [-0.25, -0.2) is 9.97 Å². The Kier molecular flexibility index (Phi) is 4.05. The molecule has 0 bridgehead atoms. The predicted molar refractivity (Wildman–Crippen MR) is 83.2 cm³/mol. The molecule has 0 radical (unpaired) electrons. The molecule has 2 N–H and O–H groups in total. The lowest BCUT2D eigenvalue weighted by atomic mass is 9.97. The SMILES string of the molecule is CCCC(=O)OCc1nc(N)c2c3c(sc2n1)CCCC3. The molecule has 2 aromatic heterocycles. The van der Waals surface area contributed by atoms with Gasteiger partial charge in [0.1, 0.15) is 10.6 Å². The van der Waals surface area contributed by atoms with E-state index >= 15 is 0 Å². The first kappa shape index (κ1) is 14.3. The molecular weight excluding hydrogens is 286 g/mol. The number of thiophene rings is 1. The zero-order chi connectivity index (χ0) is 14.8. The van der Waals surface area contributed by atoms with E-state index in [0.29, 0.717) is 18.1 Å². The van der Waals surface area contributed by atoms with Crippen molar-refractivity contribution in [1.29, 1.82) is 0 Å². The predicted octanol–water partition coefficient (Wildman–Crippen LogP) is 3.00. The summed E-state index contributed by atoms with van der Waals surface area (Å²) in [6, 6.07) is 0. The number of hydrogen-bond donors (Lipinski definition) is 1. The van der Waals surface area contributed by atoms with Gasteiger partial charge in [0, 0.05) is 11.3 Å². The maximum absolute atomic E-state index is 11.4. The summed E-state index contributed by atoms with van der Waals surface area (Å²) in [6.45, 7) is 2.04. The first-order valence-corrected chi connectivity index (χ1v) is 8.23. The topological polar surface area (TPSA) is 78.1 Å². The Morgan fingerprint density at radius 1 is 1.33 bits per heavy atom. The lowest BCUT2D eigenvalue weighted by molar-refractivity contribution is -0.145. The van der Waals surface area contributed by atoms with Crippen molar-refractivity contribution < 1.29 is 9.53 Å². The molecule has 0 spiro atoms. The van der Waals surface area contributed by atoms with Crippen LogP contribution in [0.3, 0.4) is 0 Å². The molecule has 0 saturated heterocycles. The van der Waals surface area contributed by atoms with Crippen LogP contribution >= 0.6 is 11.3 Å². The number of carbonyl (C=O) groups excluding carboxylic acids is 1. The second-order valence-electron chi connectivity index (χ2n) is 5.33. The molecule has 0 amide bonds. The van der Waals surface area contributed by atoms with E-state index < -0.39 is 0 Å². The van der Waals surface area contributed by atoms with Crippen molar-refractivity contribution >= 4 is 33.3 Å². The van der Waals surface area contributed by atoms with Crippen LogP contribution in [0.5, 0.6) is 0 Å². The van der Waals surface area contributed by atoms with Crippen LogP contribution < -0.4 is 5.73 Å². The Morgan fingerprint density at radius 2 is 2.14 bits per heavy atom. The Bertz CT molecular complexity index is 681. The zero-order valence-corrected chi connectivity index (χ0v) is 13.0. The fraction of sp³-hybridized carbons (Fsp3) is 0.533. The average Bonchev–Trinajstić information content (AvgIpc) is 2.84. The third kappa shape index (κ3) is 2.85. The quantitative estimate of drug-likeness (QED) is 0.879. The van der Waals surface area contributed by atoms with E-state index in [1.807, 2.05) is 6.92 Å². The molecule has 0 atom stereocenters. The lowest BCUT2D eigenvalue weighted by Gasteiger charge is -2.10. The summed E-state index contributed by atoms with van der Waals surface area (Å²) in [5.74, 6) is 0.786. The summed E-state index contributed by atoms with van der Waals surface area (Å²) in [4.78, 5) is 22.6. The van der Waals surface area contributed by atoms with Gasteiger partial charge in [0.05, 0.1) is 5.39 Å². The highest BCUT2D eigenvalue weighted by Gasteiger charge is 2.20. The fourth-order valence-electron chi connectivity index (χ4n) is 2.72. The van der Waals surface area contributed by atoms with E-state index in [9.17, 15) is 4.79 Å². The van der Waals surface area contributed by atoms with Crippen LogP contribution in [0, 0.1) is 0 Å². The van der Waals surface area contributed by atoms with Crippen LogP contribution in [0.15, 0.2) is 0 Å². The number of aromatic nitrogens is 2. The number of hydrogen-bond acceptors (Lipinski definition) is 6. The molecule has 21 heavy (non-hydrogen) atoms. The van der Waals surface area contributed by atoms with Crippen LogP contribution in [0.25, 0.3) is 10.2 Å². The minimum Gasteiger partial charge on any atom is -0.457 e. The second-order valence-corrected chi connectivity index (χ2v) is 6.41. The van der Waals surface area contributed by atoms with E-state index in [0.717, 1.165) is 29.5 Å². The number of rotatable bonds is 4. The van der Waals surface area contributed by atoms with E-state index in [-0.39, 0.29) is 12.6 Å². The Labute approximate surface area is 127 Å². The monoisotopic (exact) mass is 305 g/mol. The summed E-state index contributed by atoms with van der Waals surface area (Å²) in [6.07, 6.45) is 5.80. The number of nitrogen functional groups attached to an aromatic ring is 1. The van der Waals surface area contributed by atoms with Gasteiger partial charge in [-0.1, -0.05) is 6.92 Å². The van der Waals surface area contributed by atoms with Gasteiger partial charge in [0.2, 0.25) is 0 Å². The van der Waals surface area contributed by atoms with E-state index in [1.165, 1.54) is 23.3 Å². The second kappa shape index (κ2) is 5.97. The summed E-state index contributed by atoms with van der Waals surface area (Å²) >= 11 is 1.70. The minimum absolute atomic E-state index is 0.0987. The van der Waals surface area contributed by atoms with Crippen LogP contribution in [-0.4, -0.2) is 15.9 Å². The third-order valence-corrected chi connectivity index (χ3v) is 4.89. The van der Waals surface area contributed by atoms with Gasteiger partial charge >= 0.3 is 5.97 Å². The van der Waals surface area contributed by atoms with Crippen molar-refractivity contribution in [3.8, 4) is 0 Å². The summed E-state index contributed by atoms with van der Waals surface area (Å²) in [5, 5.41) is 1.01. The zero-order valence-electron chi connectivity index (χ0n) is 12.1. The lowest BCUT2D eigenvalue weighted by Crippen LogP contribution is -2.08. The van der Waals surface area contributed by atoms with Gasteiger partial charge in [0.25, 0.3) is 0 Å². The largest absolute Gasteiger partial charge is 0.457 e. The van der Waals surface area contributed by atoms with Crippen molar-refractivity contribution in [2.75, 3.05) is 5.73 Å². The normalized spacial score (nSPS) is 14.1. The smallest absolute Gasteiger partial charge is 0.306 e. The number of anilines is 1. The Morgan fingerprint density at radius 3 is 2.95 bits per heavy atom. The van der Waals surface area contributed by atoms with Crippen LogP contribution in [0.2, 0.25) is 0 Å². The molecule has 0 fully saturated rings. The van der Waals surface area contributed by atoms with Crippen molar-refractivity contribution in [2.45, 2.75) is 52.1 Å². The van der Waals surface area contributed by atoms with E-state index in [4.69, 9.17) is 10.5 Å². The molecule has 2 aromatic rings. The first-order chi connectivity index (χ1) is 10.2. The minimum atomic E-state index is -0.217. The van der Waals surface area contributed by atoms with E-state index in [2.05, 4.69) is 9.97 Å². The molecule has 0 unspecified atom stereocenters. The highest BCUT2D eigenvalue weighted by Crippen LogP contribution is 2.37. The average molecular weight is 305 g/mol. The van der Waals surface area contributed by atoms with Crippen LogP contribution in [-0.2, 0) is 29.0 Å². The number of carbonyl (C=O) groups is 1. The Hall–Kier alpha value is -1.69. The number of ether oxygens (including phenoxy) is 1. The van der Waals surface area contributed by atoms with Crippen molar-refractivity contribution in [3.63, 3.8) is 0 Å². The maximum atomic E-state index is 11.4. The van der Waals surface area contributed by atoms with Gasteiger partial charge in [-0.2, -0.15) is 0 Å². The molecule has 5 nitrogen and oxygen atoms in total. The molecule has 2 heterocycles. The Balaban J connectivity index is 1.87. The highest BCUT2D eigenvalue weighted by molar-refractivity contribution is 7.19. The summed E-state index contributed by atoms with van der Waals surface area (Å²) in [7, 11) is 0. The molecule has 0 aromatic carbocycles. The number of nitrogens with zero attached hydrogens (tertiary/aromatic N) is 2. The standard InChI is InChI=1S/C15H19N3O2S/c1-2-5-12(19)20-8-11-17-14(16)13-9-6-3-4-7-10(9)21-15(13)18-11/h2-8H2,1H3,(H2,16,17,18). The van der Waals surface area contributed by atoms with Gasteiger partial charge in [-0.3, -0.25) is 4.79 Å². The van der Waals surface area contributed by atoms with Crippen molar-refractivity contribution in [2.24, 2.45) is 0 Å². The molecule has 6 heteroatoms. The third-order valence-electron chi connectivity index (χ3n) is 3.71. The molecule has 3 rings (SSSR count). The first-order valence-electron chi connectivity index (χ1n) is 7.41. The van der Waals surface area contributed by atoms with Crippen molar-refractivity contribution in [3.05, 3.63) is 16.3 Å². The number of esters is 1.